The third-order valence-electron chi connectivity index (χ3n) is 1.75. The predicted octanol–water partition coefficient (Wildman–Crippen LogP) is 3.55. The standard InChI is InChI=1S/C11H16BrNOS/c1-8(2)14-5-6-15-11-4-3-9(13)7-10(11)12/h3-4,7-8H,5-6,13H2,1-2H3. The smallest absolute Gasteiger partial charge is 0.0563 e. The summed E-state index contributed by atoms with van der Waals surface area (Å²) < 4.78 is 6.52. The minimum Gasteiger partial charge on any atom is -0.399 e. The van der Waals surface area contributed by atoms with E-state index in [0.29, 0.717) is 6.10 Å². The third-order valence-corrected chi connectivity index (χ3v) is 3.70. The number of hydrogen-bond acceptors (Lipinski definition) is 3. The molecule has 84 valence electrons. The van der Waals surface area contributed by atoms with Crippen LogP contribution in [0.1, 0.15) is 13.8 Å². The van der Waals surface area contributed by atoms with Crippen LogP contribution < -0.4 is 5.73 Å². The molecule has 0 saturated heterocycles. The summed E-state index contributed by atoms with van der Waals surface area (Å²) in [5, 5.41) is 0. The molecule has 0 radical (unpaired) electrons. The van der Waals surface area contributed by atoms with E-state index in [1.54, 1.807) is 11.8 Å². The lowest BCUT2D eigenvalue weighted by Crippen LogP contribution is -2.05. The van der Waals surface area contributed by atoms with Gasteiger partial charge in [0.25, 0.3) is 0 Å². The highest BCUT2D eigenvalue weighted by atomic mass is 79.9. The maximum Gasteiger partial charge on any atom is 0.0563 e. The highest BCUT2D eigenvalue weighted by Crippen LogP contribution is 2.28. The Hall–Kier alpha value is -0.190. The summed E-state index contributed by atoms with van der Waals surface area (Å²) in [4.78, 5) is 1.21. The van der Waals surface area contributed by atoms with Crippen LogP contribution in [0.25, 0.3) is 0 Å². The molecular formula is C11H16BrNOS. The molecule has 0 saturated carbocycles. The maximum absolute atomic E-state index is 5.66. The van der Waals surface area contributed by atoms with Crippen molar-refractivity contribution in [3.05, 3.63) is 22.7 Å². The fourth-order valence-electron chi connectivity index (χ4n) is 1.07. The van der Waals surface area contributed by atoms with Gasteiger partial charge in [0, 0.05) is 20.8 Å². The van der Waals surface area contributed by atoms with Gasteiger partial charge in [0.05, 0.1) is 12.7 Å². The van der Waals surface area contributed by atoms with E-state index in [1.807, 2.05) is 32.0 Å². The highest BCUT2D eigenvalue weighted by molar-refractivity contribution is 9.10. The number of rotatable bonds is 5. The summed E-state index contributed by atoms with van der Waals surface area (Å²) in [6.45, 7) is 4.87. The van der Waals surface area contributed by atoms with E-state index in [0.717, 1.165) is 22.5 Å². The van der Waals surface area contributed by atoms with Gasteiger partial charge in [0.15, 0.2) is 0 Å². The van der Waals surface area contributed by atoms with Crippen molar-refractivity contribution in [1.29, 1.82) is 0 Å². The highest BCUT2D eigenvalue weighted by Gasteiger charge is 2.01. The van der Waals surface area contributed by atoms with Crippen LogP contribution in [-0.2, 0) is 4.74 Å². The van der Waals surface area contributed by atoms with E-state index < -0.39 is 0 Å². The van der Waals surface area contributed by atoms with Gasteiger partial charge >= 0.3 is 0 Å². The maximum atomic E-state index is 5.66. The number of benzene rings is 1. The van der Waals surface area contributed by atoms with Crippen molar-refractivity contribution >= 4 is 33.4 Å². The zero-order valence-corrected chi connectivity index (χ0v) is 11.4. The molecule has 0 aliphatic rings. The van der Waals surface area contributed by atoms with Gasteiger partial charge in [0.2, 0.25) is 0 Å². The van der Waals surface area contributed by atoms with Crippen molar-refractivity contribution in [2.75, 3.05) is 18.1 Å². The Labute approximate surface area is 104 Å². The molecule has 2 nitrogen and oxygen atoms in total. The summed E-state index contributed by atoms with van der Waals surface area (Å²) in [5.74, 6) is 0.959. The molecule has 0 atom stereocenters. The van der Waals surface area contributed by atoms with E-state index in [1.165, 1.54) is 4.90 Å². The third kappa shape index (κ3) is 4.91. The molecule has 0 bridgehead atoms. The number of thioether (sulfide) groups is 1. The molecule has 1 aromatic carbocycles. The van der Waals surface area contributed by atoms with E-state index in [4.69, 9.17) is 10.5 Å². The molecule has 1 aromatic rings. The molecule has 1 rings (SSSR count). The molecular weight excluding hydrogens is 274 g/mol. The minimum absolute atomic E-state index is 0.306. The summed E-state index contributed by atoms with van der Waals surface area (Å²) in [7, 11) is 0. The van der Waals surface area contributed by atoms with Crippen molar-refractivity contribution in [3.8, 4) is 0 Å². The van der Waals surface area contributed by atoms with Crippen LogP contribution in [-0.4, -0.2) is 18.5 Å². The fourth-order valence-corrected chi connectivity index (χ4v) is 2.57. The second kappa shape index (κ2) is 6.40. The predicted molar refractivity (Wildman–Crippen MR) is 70.4 cm³/mol. The summed E-state index contributed by atoms with van der Waals surface area (Å²) in [5.41, 5.74) is 6.44. The van der Waals surface area contributed by atoms with Crippen LogP contribution in [0.5, 0.6) is 0 Å². The van der Waals surface area contributed by atoms with Gasteiger partial charge in [-0.15, -0.1) is 11.8 Å². The normalized spacial score (nSPS) is 10.9. The first kappa shape index (κ1) is 12.9. The van der Waals surface area contributed by atoms with Crippen molar-refractivity contribution in [2.24, 2.45) is 0 Å². The molecule has 0 aliphatic carbocycles. The van der Waals surface area contributed by atoms with Crippen molar-refractivity contribution < 1.29 is 4.74 Å². The lowest BCUT2D eigenvalue weighted by atomic mass is 10.3. The minimum atomic E-state index is 0.306. The topological polar surface area (TPSA) is 35.2 Å². The zero-order chi connectivity index (χ0) is 11.3. The fraction of sp³-hybridized carbons (Fsp3) is 0.455. The van der Waals surface area contributed by atoms with Crippen LogP contribution in [0.4, 0.5) is 5.69 Å². The van der Waals surface area contributed by atoms with Crippen LogP contribution in [0, 0.1) is 0 Å². The van der Waals surface area contributed by atoms with E-state index >= 15 is 0 Å². The first-order valence-electron chi connectivity index (χ1n) is 4.89. The van der Waals surface area contributed by atoms with Gasteiger partial charge < -0.3 is 10.5 Å². The lowest BCUT2D eigenvalue weighted by Gasteiger charge is -2.08. The van der Waals surface area contributed by atoms with Gasteiger partial charge in [-0.2, -0.15) is 0 Å². The van der Waals surface area contributed by atoms with E-state index in [-0.39, 0.29) is 0 Å². The van der Waals surface area contributed by atoms with Gasteiger partial charge in [-0.25, -0.2) is 0 Å². The number of halogens is 1. The summed E-state index contributed by atoms with van der Waals surface area (Å²) >= 11 is 5.26. The van der Waals surface area contributed by atoms with Crippen molar-refractivity contribution in [2.45, 2.75) is 24.8 Å². The number of nitrogen functional groups attached to an aromatic ring is 1. The lowest BCUT2D eigenvalue weighted by molar-refractivity contribution is 0.0920. The molecule has 0 amide bonds. The molecule has 15 heavy (non-hydrogen) atoms. The second-order valence-electron chi connectivity index (χ2n) is 3.46. The molecule has 0 fully saturated rings. The van der Waals surface area contributed by atoms with Gasteiger partial charge in [-0.1, -0.05) is 0 Å². The Morgan fingerprint density at radius 3 is 2.80 bits per heavy atom. The Morgan fingerprint density at radius 2 is 2.20 bits per heavy atom. The van der Waals surface area contributed by atoms with Crippen LogP contribution in [0.3, 0.4) is 0 Å². The molecule has 0 aliphatic heterocycles. The molecule has 2 N–H and O–H groups in total. The SMILES string of the molecule is CC(C)OCCSc1ccc(N)cc1Br. The average Bonchev–Trinajstić information content (AvgIpc) is 2.14. The van der Waals surface area contributed by atoms with E-state index in [2.05, 4.69) is 15.9 Å². The number of hydrogen-bond donors (Lipinski definition) is 1. The molecule has 0 aromatic heterocycles. The van der Waals surface area contributed by atoms with Crippen LogP contribution in [0.15, 0.2) is 27.6 Å². The van der Waals surface area contributed by atoms with Crippen LogP contribution in [0.2, 0.25) is 0 Å². The quantitative estimate of drug-likeness (QED) is 0.512. The van der Waals surface area contributed by atoms with Crippen LogP contribution >= 0.6 is 27.7 Å². The Kier molecular flexibility index (Phi) is 5.50. The Bertz CT molecular complexity index is 317. The van der Waals surface area contributed by atoms with Crippen molar-refractivity contribution in [1.82, 2.24) is 0 Å². The molecule has 0 heterocycles. The van der Waals surface area contributed by atoms with Gasteiger partial charge in [0.1, 0.15) is 0 Å². The molecule has 0 spiro atoms. The average molecular weight is 290 g/mol. The summed E-state index contributed by atoms with van der Waals surface area (Å²) in [6, 6.07) is 5.86. The first-order chi connectivity index (χ1) is 7.09. The molecule has 0 unspecified atom stereocenters. The zero-order valence-electron chi connectivity index (χ0n) is 9.00. The largest absolute Gasteiger partial charge is 0.399 e. The first-order valence-corrected chi connectivity index (χ1v) is 6.67. The van der Waals surface area contributed by atoms with Gasteiger partial charge in [-0.05, 0) is 48.0 Å². The molecule has 4 heteroatoms. The van der Waals surface area contributed by atoms with Gasteiger partial charge in [-0.3, -0.25) is 0 Å². The number of nitrogens with two attached hydrogens (primary N) is 1. The van der Waals surface area contributed by atoms with Crippen molar-refractivity contribution in [3.63, 3.8) is 0 Å². The number of ether oxygens (including phenoxy) is 1. The Balaban J connectivity index is 2.37. The monoisotopic (exact) mass is 289 g/mol. The second-order valence-corrected chi connectivity index (χ2v) is 5.45. The van der Waals surface area contributed by atoms with E-state index in [9.17, 15) is 0 Å². The summed E-state index contributed by atoms with van der Waals surface area (Å²) in [6.07, 6.45) is 0.306. The Morgan fingerprint density at radius 1 is 1.47 bits per heavy atom. The number of anilines is 1.